The number of thioether (sulfide) groups is 1. The molecule has 0 aromatic carbocycles. The van der Waals surface area contributed by atoms with Gasteiger partial charge < -0.3 is 4.74 Å². The lowest BCUT2D eigenvalue weighted by molar-refractivity contribution is -0.137. The van der Waals surface area contributed by atoms with Gasteiger partial charge in [-0.1, -0.05) is 11.8 Å². The van der Waals surface area contributed by atoms with Crippen molar-refractivity contribution in [2.45, 2.75) is 26.7 Å². The molecule has 13 heavy (non-hydrogen) atoms. The van der Waals surface area contributed by atoms with Crippen LogP contribution in [0.1, 0.15) is 26.7 Å². The number of carbonyl (C=O) groups is 2. The lowest BCUT2D eigenvalue weighted by Gasteiger charge is -1.88. The molecule has 0 heterocycles. The van der Waals surface area contributed by atoms with Gasteiger partial charge in [-0.25, -0.2) is 0 Å². The van der Waals surface area contributed by atoms with Crippen molar-refractivity contribution in [1.29, 1.82) is 0 Å². The highest BCUT2D eigenvalue weighted by Gasteiger charge is 2.21. The molecule has 0 N–H and O–H groups in total. The van der Waals surface area contributed by atoms with Crippen LogP contribution in [0.3, 0.4) is 0 Å². The molecule has 0 aliphatic heterocycles. The van der Waals surface area contributed by atoms with Gasteiger partial charge in [0.2, 0.25) is 0 Å². The van der Waals surface area contributed by atoms with Crippen LogP contribution in [0, 0.1) is 5.92 Å². The van der Waals surface area contributed by atoms with E-state index in [1.165, 1.54) is 38.6 Å². The van der Waals surface area contributed by atoms with Crippen LogP contribution in [-0.4, -0.2) is 23.9 Å². The Morgan fingerprint density at radius 1 is 1.38 bits per heavy atom. The monoisotopic (exact) mass is 204 g/mol. The summed E-state index contributed by atoms with van der Waals surface area (Å²) in [6.45, 7) is 2.99. The molecule has 0 amide bonds. The fourth-order valence-corrected chi connectivity index (χ4v) is 1.32. The molecule has 0 unspecified atom stereocenters. The predicted octanol–water partition coefficient (Wildman–Crippen LogP) is 1.86. The number of ether oxygens (including phenoxy) is 1. The molecule has 0 spiro atoms. The van der Waals surface area contributed by atoms with Crippen molar-refractivity contribution in [1.82, 2.24) is 0 Å². The van der Waals surface area contributed by atoms with Crippen molar-refractivity contribution < 1.29 is 14.3 Å². The molecular formula is C9H16O3S. The van der Waals surface area contributed by atoms with Gasteiger partial charge in [-0.3, -0.25) is 9.59 Å². The Morgan fingerprint density at radius 2 is 1.85 bits per heavy atom. The molecule has 0 bridgehead atoms. The molecule has 76 valence electrons. The normalized spacial score (nSPS) is 14.1. The van der Waals surface area contributed by atoms with Gasteiger partial charge >= 0.3 is 5.97 Å². The van der Waals surface area contributed by atoms with Crippen LogP contribution < -0.4 is 0 Å². The van der Waals surface area contributed by atoms with Gasteiger partial charge in [-0.2, -0.15) is 0 Å². The third-order valence-corrected chi connectivity index (χ3v) is 2.55. The van der Waals surface area contributed by atoms with Crippen LogP contribution in [0.5, 0.6) is 0 Å². The zero-order valence-electron chi connectivity index (χ0n) is 8.33. The Kier molecular flexibility index (Phi) is 6.68. The van der Waals surface area contributed by atoms with Crippen molar-refractivity contribution in [2.75, 3.05) is 12.9 Å². The van der Waals surface area contributed by atoms with Crippen LogP contribution in [0.15, 0.2) is 0 Å². The van der Waals surface area contributed by atoms with Crippen LogP contribution in [0.2, 0.25) is 0 Å². The van der Waals surface area contributed by atoms with Crippen molar-refractivity contribution in [3.05, 3.63) is 0 Å². The molecule has 1 rings (SSSR count). The SMILES string of the molecule is CC(=O)SCC1CC1.COC(C)=O. The molecule has 3 nitrogen and oxygen atoms in total. The van der Waals surface area contributed by atoms with Gasteiger partial charge in [-0.05, 0) is 18.8 Å². The summed E-state index contributed by atoms with van der Waals surface area (Å²) < 4.78 is 4.11. The van der Waals surface area contributed by atoms with Crippen LogP contribution >= 0.6 is 11.8 Å². The highest BCUT2D eigenvalue weighted by molar-refractivity contribution is 8.13. The van der Waals surface area contributed by atoms with Gasteiger partial charge in [-0.15, -0.1) is 0 Å². The molecule has 0 saturated heterocycles. The topological polar surface area (TPSA) is 43.4 Å². The molecule has 0 atom stereocenters. The number of esters is 1. The minimum Gasteiger partial charge on any atom is -0.469 e. The second kappa shape index (κ2) is 6.95. The molecule has 0 aromatic heterocycles. The predicted molar refractivity (Wildman–Crippen MR) is 53.6 cm³/mol. The van der Waals surface area contributed by atoms with E-state index in [-0.39, 0.29) is 11.1 Å². The summed E-state index contributed by atoms with van der Waals surface area (Å²) in [5, 5.41) is 0.261. The van der Waals surface area contributed by atoms with E-state index in [9.17, 15) is 9.59 Å². The fraction of sp³-hybridized carbons (Fsp3) is 0.778. The summed E-state index contributed by atoms with van der Waals surface area (Å²) in [4.78, 5) is 19.9. The van der Waals surface area contributed by atoms with Crippen LogP contribution in [0.4, 0.5) is 0 Å². The maximum atomic E-state index is 10.3. The fourth-order valence-electron chi connectivity index (χ4n) is 0.520. The summed E-state index contributed by atoms with van der Waals surface area (Å²) in [5.74, 6) is 1.70. The number of hydrogen-bond acceptors (Lipinski definition) is 4. The maximum Gasteiger partial charge on any atom is 0.302 e. The third kappa shape index (κ3) is 11.5. The second-order valence-electron chi connectivity index (χ2n) is 2.94. The Labute approximate surface area is 83.2 Å². The molecule has 1 aliphatic carbocycles. The number of rotatable bonds is 2. The standard InChI is InChI=1S/C6H10OS.C3H6O2/c1-5(7)8-4-6-2-3-6;1-3(4)5-2/h6H,2-4H2,1H3;1-2H3. The van der Waals surface area contributed by atoms with Gasteiger partial charge in [0.05, 0.1) is 7.11 Å². The molecule has 0 radical (unpaired) electrons. The van der Waals surface area contributed by atoms with Gasteiger partial charge in [0.15, 0.2) is 5.12 Å². The average molecular weight is 204 g/mol. The quantitative estimate of drug-likeness (QED) is 0.644. The number of methoxy groups -OCH3 is 1. The highest BCUT2D eigenvalue weighted by atomic mass is 32.2. The van der Waals surface area contributed by atoms with Crippen molar-refractivity contribution in [3.63, 3.8) is 0 Å². The van der Waals surface area contributed by atoms with Gasteiger partial charge in [0, 0.05) is 19.6 Å². The van der Waals surface area contributed by atoms with Gasteiger partial charge in [0.25, 0.3) is 0 Å². The summed E-state index contributed by atoms with van der Waals surface area (Å²) in [5.41, 5.74) is 0. The van der Waals surface area contributed by atoms with E-state index in [1.54, 1.807) is 6.92 Å². The minimum absolute atomic E-state index is 0.245. The van der Waals surface area contributed by atoms with Crippen molar-refractivity contribution >= 4 is 22.8 Å². The smallest absolute Gasteiger partial charge is 0.302 e. The van der Waals surface area contributed by atoms with Gasteiger partial charge in [0.1, 0.15) is 0 Å². The first-order valence-electron chi connectivity index (χ1n) is 4.24. The summed E-state index contributed by atoms with van der Waals surface area (Å²) in [6.07, 6.45) is 2.70. The van der Waals surface area contributed by atoms with E-state index in [4.69, 9.17) is 0 Å². The Hall–Kier alpha value is -0.510. The minimum atomic E-state index is -0.245. The first-order valence-corrected chi connectivity index (χ1v) is 5.22. The molecule has 1 saturated carbocycles. The van der Waals surface area contributed by atoms with Crippen LogP contribution in [0.25, 0.3) is 0 Å². The molecule has 1 aliphatic rings. The lowest BCUT2D eigenvalue weighted by atomic mass is 10.5. The van der Waals surface area contributed by atoms with Crippen molar-refractivity contribution in [3.8, 4) is 0 Å². The largest absolute Gasteiger partial charge is 0.469 e. The summed E-state index contributed by atoms with van der Waals surface area (Å²) in [7, 11) is 1.35. The lowest BCUT2D eigenvalue weighted by Crippen LogP contribution is -1.88. The van der Waals surface area contributed by atoms with E-state index >= 15 is 0 Å². The van der Waals surface area contributed by atoms with E-state index in [0.29, 0.717) is 0 Å². The first kappa shape index (κ1) is 12.5. The van der Waals surface area contributed by atoms with E-state index in [0.717, 1.165) is 11.7 Å². The molecule has 1 fully saturated rings. The van der Waals surface area contributed by atoms with E-state index in [1.807, 2.05) is 0 Å². The highest BCUT2D eigenvalue weighted by Crippen LogP contribution is 2.32. The Balaban J connectivity index is 0.000000252. The molecule has 0 aromatic rings. The zero-order valence-corrected chi connectivity index (χ0v) is 9.15. The average Bonchev–Trinajstić information content (AvgIpc) is 2.85. The Bertz CT molecular complexity index is 176. The van der Waals surface area contributed by atoms with Crippen LogP contribution in [-0.2, 0) is 14.3 Å². The Morgan fingerprint density at radius 3 is 2.08 bits per heavy atom. The third-order valence-electron chi connectivity index (χ3n) is 1.51. The van der Waals surface area contributed by atoms with E-state index < -0.39 is 0 Å². The van der Waals surface area contributed by atoms with Crippen molar-refractivity contribution in [2.24, 2.45) is 5.92 Å². The first-order chi connectivity index (χ1) is 6.06. The number of carbonyl (C=O) groups excluding carboxylic acids is 2. The summed E-state index contributed by atoms with van der Waals surface area (Å²) >= 11 is 1.46. The summed E-state index contributed by atoms with van der Waals surface area (Å²) in [6, 6.07) is 0. The zero-order chi connectivity index (χ0) is 10.3. The number of hydrogen-bond donors (Lipinski definition) is 0. The maximum absolute atomic E-state index is 10.3. The van der Waals surface area contributed by atoms with E-state index in [2.05, 4.69) is 4.74 Å². The second-order valence-corrected chi connectivity index (χ2v) is 4.14. The molecule has 4 heteroatoms. The molecular weight excluding hydrogens is 188 g/mol.